The normalized spacial score (nSPS) is 12.4. The quantitative estimate of drug-likeness (QED) is 0.676. The third-order valence-electron chi connectivity index (χ3n) is 2.20. The predicted molar refractivity (Wildman–Crippen MR) is 55.9 cm³/mol. The van der Waals surface area contributed by atoms with Crippen molar-refractivity contribution < 1.29 is 13.2 Å². The van der Waals surface area contributed by atoms with Gasteiger partial charge in [0.15, 0.2) is 5.01 Å². The van der Waals surface area contributed by atoms with Crippen LogP contribution in [0.4, 0.5) is 13.2 Å². The molecular formula is C8H5F3N6S. The number of hydrogen-bond donors (Lipinski definition) is 0. The highest BCUT2D eigenvalue weighted by Gasteiger charge is 2.38. The molecule has 6 nitrogen and oxygen atoms in total. The van der Waals surface area contributed by atoms with Crippen LogP contribution in [0.5, 0.6) is 0 Å². The molecule has 0 saturated heterocycles. The second-order valence-electron chi connectivity index (χ2n) is 3.53. The molecule has 3 aromatic rings. The number of aryl methyl sites for hydroxylation is 1. The summed E-state index contributed by atoms with van der Waals surface area (Å²) in [7, 11) is 1.71. The van der Waals surface area contributed by atoms with Crippen LogP contribution in [-0.4, -0.2) is 29.6 Å². The first kappa shape index (κ1) is 11.1. The molecule has 0 atom stereocenters. The molecule has 0 unspecified atom stereocenters. The van der Waals surface area contributed by atoms with Crippen LogP contribution in [0.15, 0.2) is 12.4 Å². The highest BCUT2D eigenvalue weighted by Crippen LogP contribution is 2.31. The summed E-state index contributed by atoms with van der Waals surface area (Å²) in [6.07, 6.45) is -1.38. The Morgan fingerprint density at radius 1 is 1.28 bits per heavy atom. The van der Waals surface area contributed by atoms with Crippen molar-refractivity contribution in [1.29, 1.82) is 0 Å². The van der Waals surface area contributed by atoms with Gasteiger partial charge in [0.1, 0.15) is 0 Å². The second-order valence-corrected chi connectivity index (χ2v) is 4.48. The molecule has 0 N–H and O–H groups in total. The maximum atomic E-state index is 12.6. The molecule has 0 aliphatic carbocycles. The van der Waals surface area contributed by atoms with Crippen LogP contribution in [0.3, 0.4) is 0 Å². The molecule has 0 aromatic carbocycles. The average molecular weight is 274 g/mol. The van der Waals surface area contributed by atoms with E-state index in [1.165, 1.54) is 6.20 Å². The van der Waals surface area contributed by atoms with Crippen LogP contribution in [0.2, 0.25) is 0 Å². The first-order valence-corrected chi connectivity index (χ1v) is 5.55. The zero-order valence-electron chi connectivity index (χ0n) is 8.88. The fraction of sp³-hybridized carbons (Fsp3) is 0.250. The Bertz CT molecular complexity index is 708. The van der Waals surface area contributed by atoms with Gasteiger partial charge in [-0.2, -0.15) is 27.9 Å². The fourth-order valence-corrected chi connectivity index (χ4v) is 2.26. The van der Waals surface area contributed by atoms with Gasteiger partial charge in [0.05, 0.1) is 11.8 Å². The minimum Gasteiger partial charge on any atom is -0.275 e. The largest absolute Gasteiger partial charge is 0.453 e. The first-order valence-electron chi connectivity index (χ1n) is 4.73. The predicted octanol–water partition coefficient (Wildman–Crippen LogP) is 1.61. The van der Waals surface area contributed by atoms with E-state index in [1.54, 1.807) is 17.9 Å². The van der Waals surface area contributed by atoms with Crippen LogP contribution in [-0.2, 0) is 13.2 Å². The highest BCUT2D eigenvalue weighted by atomic mass is 32.1. The van der Waals surface area contributed by atoms with Gasteiger partial charge in [0.25, 0.3) is 5.82 Å². The summed E-state index contributed by atoms with van der Waals surface area (Å²) in [5, 5.41) is 14.8. The van der Waals surface area contributed by atoms with E-state index >= 15 is 0 Å². The van der Waals surface area contributed by atoms with E-state index in [0.29, 0.717) is 15.1 Å². The first-order chi connectivity index (χ1) is 8.45. The molecule has 10 heteroatoms. The van der Waals surface area contributed by atoms with E-state index < -0.39 is 12.0 Å². The summed E-state index contributed by atoms with van der Waals surface area (Å²) in [5.74, 6) is -1.12. The fourth-order valence-electron chi connectivity index (χ4n) is 1.44. The molecule has 0 radical (unpaired) electrons. The van der Waals surface area contributed by atoms with E-state index in [4.69, 9.17) is 0 Å². The molecule has 0 aliphatic heterocycles. The van der Waals surface area contributed by atoms with Crippen molar-refractivity contribution in [1.82, 2.24) is 29.6 Å². The Morgan fingerprint density at radius 2 is 2.06 bits per heavy atom. The van der Waals surface area contributed by atoms with Gasteiger partial charge >= 0.3 is 6.18 Å². The summed E-state index contributed by atoms with van der Waals surface area (Å²) in [5.41, 5.74) is 0.640. The summed E-state index contributed by atoms with van der Waals surface area (Å²) in [6, 6.07) is 0. The number of rotatable bonds is 1. The SMILES string of the molecule is Cn1cc(-c2nn3c(C(F)(F)F)nnc3s2)cn1. The molecule has 18 heavy (non-hydrogen) atoms. The van der Waals surface area contributed by atoms with Crippen molar-refractivity contribution in [3.05, 3.63) is 18.2 Å². The van der Waals surface area contributed by atoms with E-state index in [0.717, 1.165) is 11.3 Å². The Hall–Kier alpha value is -1.97. The molecule has 0 amide bonds. The third-order valence-corrected chi connectivity index (χ3v) is 3.14. The van der Waals surface area contributed by atoms with Crippen molar-refractivity contribution in [3.8, 4) is 10.6 Å². The van der Waals surface area contributed by atoms with Gasteiger partial charge in [0.2, 0.25) is 4.96 Å². The molecule has 3 aromatic heterocycles. The van der Waals surface area contributed by atoms with Gasteiger partial charge in [0, 0.05) is 13.2 Å². The second kappa shape index (κ2) is 3.51. The molecule has 0 bridgehead atoms. The summed E-state index contributed by atoms with van der Waals surface area (Å²) in [4.78, 5) is 0.0983. The molecular weight excluding hydrogens is 269 g/mol. The zero-order chi connectivity index (χ0) is 12.9. The van der Waals surface area contributed by atoms with Crippen LogP contribution in [0, 0.1) is 0 Å². The Morgan fingerprint density at radius 3 is 2.67 bits per heavy atom. The molecule has 0 aliphatic rings. The monoisotopic (exact) mass is 274 g/mol. The minimum atomic E-state index is -4.57. The van der Waals surface area contributed by atoms with Gasteiger partial charge in [-0.25, -0.2) is 0 Å². The van der Waals surface area contributed by atoms with Crippen LogP contribution in [0.25, 0.3) is 15.5 Å². The number of hydrogen-bond acceptors (Lipinski definition) is 5. The smallest absolute Gasteiger partial charge is 0.275 e. The number of alkyl halides is 3. The standard InChI is InChI=1S/C8H5F3N6S/c1-16-3-4(2-12-16)5-15-17-6(8(9,10)11)13-14-7(17)18-5/h2-3H,1H3. The molecule has 3 rings (SSSR count). The van der Waals surface area contributed by atoms with Crippen molar-refractivity contribution in [2.75, 3.05) is 0 Å². The lowest BCUT2D eigenvalue weighted by Gasteiger charge is -1.99. The number of aromatic nitrogens is 6. The van der Waals surface area contributed by atoms with Gasteiger partial charge in [-0.1, -0.05) is 11.3 Å². The molecule has 0 saturated carbocycles. The van der Waals surface area contributed by atoms with E-state index in [1.807, 2.05) is 0 Å². The maximum absolute atomic E-state index is 12.6. The van der Waals surface area contributed by atoms with Crippen molar-refractivity contribution in [3.63, 3.8) is 0 Å². The van der Waals surface area contributed by atoms with Crippen LogP contribution < -0.4 is 0 Å². The van der Waals surface area contributed by atoms with E-state index in [2.05, 4.69) is 20.4 Å². The van der Waals surface area contributed by atoms with Gasteiger partial charge in [-0.05, 0) is 0 Å². The van der Waals surface area contributed by atoms with Crippen LogP contribution >= 0.6 is 11.3 Å². The number of fused-ring (bicyclic) bond motifs is 1. The Kier molecular flexibility index (Phi) is 2.17. The summed E-state index contributed by atoms with van der Waals surface area (Å²) >= 11 is 1.03. The Labute approximate surface area is 102 Å². The third kappa shape index (κ3) is 1.65. The molecule has 3 heterocycles. The molecule has 0 spiro atoms. The maximum Gasteiger partial charge on any atom is 0.453 e. The Balaban J connectivity index is 2.15. The summed E-state index contributed by atoms with van der Waals surface area (Å²) < 4.78 is 40.0. The average Bonchev–Trinajstić information content (AvgIpc) is 2.87. The lowest BCUT2D eigenvalue weighted by Crippen LogP contribution is -2.11. The zero-order valence-corrected chi connectivity index (χ0v) is 9.70. The van der Waals surface area contributed by atoms with Crippen LogP contribution in [0.1, 0.15) is 5.82 Å². The molecule has 0 fully saturated rings. The number of nitrogens with zero attached hydrogens (tertiary/aromatic N) is 6. The van der Waals surface area contributed by atoms with Crippen molar-refractivity contribution in [2.24, 2.45) is 7.05 Å². The van der Waals surface area contributed by atoms with E-state index in [-0.39, 0.29) is 4.96 Å². The lowest BCUT2D eigenvalue weighted by molar-refractivity contribution is -0.146. The van der Waals surface area contributed by atoms with Crippen molar-refractivity contribution >= 4 is 16.3 Å². The number of halogens is 3. The van der Waals surface area contributed by atoms with Gasteiger partial charge in [-0.15, -0.1) is 10.2 Å². The van der Waals surface area contributed by atoms with E-state index in [9.17, 15) is 13.2 Å². The highest BCUT2D eigenvalue weighted by molar-refractivity contribution is 7.19. The summed E-state index contributed by atoms with van der Waals surface area (Å²) in [6.45, 7) is 0. The van der Waals surface area contributed by atoms with Crippen molar-refractivity contribution in [2.45, 2.75) is 6.18 Å². The lowest BCUT2D eigenvalue weighted by atomic mass is 10.4. The molecule has 94 valence electrons. The minimum absolute atomic E-state index is 0.0983. The van der Waals surface area contributed by atoms with Gasteiger partial charge in [-0.3, -0.25) is 4.68 Å². The van der Waals surface area contributed by atoms with Gasteiger partial charge < -0.3 is 0 Å². The topological polar surface area (TPSA) is 60.9 Å².